The summed E-state index contributed by atoms with van der Waals surface area (Å²) in [6.07, 6.45) is 6.85. The van der Waals surface area contributed by atoms with E-state index in [1.807, 2.05) is 0 Å². The van der Waals surface area contributed by atoms with Gasteiger partial charge >= 0.3 is 0 Å². The minimum absolute atomic E-state index is 0.0182. The van der Waals surface area contributed by atoms with E-state index in [0.29, 0.717) is 24.8 Å². The molecule has 36 heavy (non-hydrogen) atoms. The number of halogens is 2. The van der Waals surface area contributed by atoms with Gasteiger partial charge in [0.1, 0.15) is 11.6 Å². The summed E-state index contributed by atoms with van der Waals surface area (Å²) in [6.45, 7) is 2.75. The van der Waals surface area contributed by atoms with Gasteiger partial charge in [-0.2, -0.15) is 4.40 Å². The Bertz CT molecular complexity index is 1050. The van der Waals surface area contributed by atoms with Crippen molar-refractivity contribution in [2.24, 2.45) is 10.3 Å². The third-order valence-corrected chi connectivity index (χ3v) is 9.29. The third kappa shape index (κ3) is 9.16. The normalized spacial score (nSPS) is 14.8. The van der Waals surface area contributed by atoms with Gasteiger partial charge in [-0.3, -0.25) is 0 Å². The second kappa shape index (κ2) is 14.1. The maximum atomic E-state index is 13.5. The van der Waals surface area contributed by atoms with Gasteiger partial charge in [0, 0.05) is 33.1 Å². The predicted molar refractivity (Wildman–Crippen MR) is 150 cm³/mol. The van der Waals surface area contributed by atoms with E-state index >= 15 is 0 Å². The molecule has 3 aromatic carbocycles. The standard InChI is InChI=1S/C29H31F2NOS3/c1-21-7-13-27(14-8-21)36-32-28(33-20-22-5-3-2-4-6-22)19-29(34-25-15-9-23(30)10-16-25)35-26-17-11-24(31)12-18-26/h7-18,22,29H,2-6,19-20H2,1H3/b32-28-. The fourth-order valence-electron chi connectivity index (χ4n) is 3.97. The molecule has 0 amide bonds. The molecule has 0 heterocycles. The molecule has 0 aromatic heterocycles. The molecule has 190 valence electrons. The van der Waals surface area contributed by atoms with Gasteiger partial charge in [0.2, 0.25) is 0 Å². The first-order valence-corrected chi connectivity index (χ1v) is 14.8. The Morgan fingerprint density at radius 3 is 1.89 bits per heavy atom. The average molecular weight is 544 g/mol. The largest absolute Gasteiger partial charge is 0.480 e. The maximum absolute atomic E-state index is 13.5. The minimum Gasteiger partial charge on any atom is -0.480 e. The zero-order chi connectivity index (χ0) is 25.2. The van der Waals surface area contributed by atoms with E-state index in [4.69, 9.17) is 9.13 Å². The summed E-state index contributed by atoms with van der Waals surface area (Å²) in [5.41, 5.74) is 1.21. The van der Waals surface area contributed by atoms with E-state index in [9.17, 15) is 8.78 Å². The quantitative estimate of drug-likeness (QED) is 0.0834. The van der Waals surface area contributed by atoms with E-state index in [-0.39, 0.29) is 16.2 Å². The van der Waals surface area contributed by atoms with E-state index in [1.165, 1.54) is 73.9 Å². The number of aryl methyl sites for hydroxylation is 1. The number of thioether (sulfide) groups is 2. The number of hydrogen-bond acceptors (Lipinski definition) is 5. The summed E-state index contributed by atoms with van der Waals surface area (Å²) in [5, 5.41) is 0. The topological polar surface area (TPSA) is 21.6 Å². The lowest BCUT2D eigenvalue weighted by atomic mass is 9.90. The Balaban J connectivity index is 1.52. The van der Waals surface area contributed by atoms with Gasteiger partial charge in [-0.25, -0.2) is 8.78 Å². The molecule has 0 aliphatic heterocycles. The molecule has 4 rings (SSSR count). The lowest BCUT2D eigenvalue weighted by molar-refractivity contribution is 0.196. The highest BCUT2D eigenvalue weighted by molar-refractivity contribution is 8.17. The minimum atomic E-state index is -0.255. The molecule has 0 bridgehead atoms. The summed E-state index contributed by atoms with van der Waals surface area (Å²) >= 11 is 4.71. The van der Waals surface area contributed by atoms with Crippen molar-refractivity contribution in [3.63, 3.8) is 0 Å². The SMILES string of the molecule is Cc1ccc(S/N=C(/CC(Sc2ccc(F)cc2)Sc2ccc(F)cc2)OCC2CCCCC2)cc1. The smallest absolute Gasteiger partial charge is 0.197 e. The van der Waals surface area contributed by atoms with Crippen LogP contribution in [0.2, 0.25) is 0 Å². The molecule has 0 N–H and O–H groups in total. The van der Waals surface area contributed by atoms with Crippen molar-refractivity contribution in [2.75, 3.05) is 6.61 Å². The van der Waals surface area contributed by atoms with E-state index < -0.39 is 0 Å². The van der Waals surface area contributed by atoms with Crippen LogP contribution in [0.3, 0.4) is 0 Å². The molecule has 3 aromatic rings. The first-order chi connectivity index (χ1) is 17.5. The van der Waals surface area contributed by atoms with Crippen molar-refractivity contribution in [2.45, 2.75) is 64.7 Å². The molecule has 1 fully saturated rings. The van der Waals surface area contributed by atoms with Crippen LogP contribution in [0, 0.1) is 24.5 Å². The predicted octanol–water partition coefficient (Wildman–Crippen LogP) is 9.58. The number of rotatable bonds is 10. The van der Waals surface area contributed by atoms with Gasteiger partial charge < -0.3 is 4.74 Å². The Kier molecular flexibility index (Phi) is 10.6. The zero-order valence-corrected chi connectivity index (χ0v) is 22.8. The second-order valence-electron chi connectivity index (χ2n) is 8.98. The first kappa shape index (κ1) is 27.1. The second-order valence-corrected chi connectivity index (χ2v) is 12.7. The summed E-state index contributed by atoms with van der Waals surface area (Å²) < 4.78 is 38.2. The third-order valence-electron chi connectivity index (χ3n) is 5.99. The average Bonchev–Trinajstić information content (AvgIpc) is 2.90. The highest BCUT2D eigenvalue weighted by Crippen LogP contribution is 2.38. The van der Waals surface area contributed by atoms with Crippen LogP contribution in [-0.2, 0) is 4.74 Å². The zero-order valence-electron chi connectivity index (χ0n) is 20.4. The van der Waals surface area contributed by atoms with Crippen LogP contribution >= 0.6 is 35.5 Å². The molecule has 0 radical (unpaired) electrons. The summed E-state index contributed by atoms with van der Waals surface area (Å²) in [4.78, 5) is 3.00. The molecule has 1 aliphatic rings. The molecule has 0 atom stereocenters. The van der Waals surface area contributed by atoms with Crippen LogP contribution in [0.4, 0.5) is 8.78 Å². The summed E-state index contributed by atoms with van der Waals surface area (Å²) in [7, 11) is 0. The van der Waals surface area contributed by atoms with Crippen LogP contribution in [-0.4, -0.2) is 17.1 Å². The van der Waals surface area contributed by atoms with E-state index in [1.54, 1.807) is 47.8 Å². The van der Waals surface area contributed by atoms with Gasteiger partial charge in [0.05, 0.1) is 11.2 Å². The molecule has 0 spiro atoms. The number of benzene rings is 3. The first-order valence-electron chi connectivity index (χ1n) is 12.3. The van der Waals surface area contributed by atoms with Crippen molar-refractivity contribution >= 4 is 41.4 Å². The van der Waals surface area contributed by atoms with Crippen LogP contribution in [0.25, 0.3) is 0 Å². The van der Waals surface area contributed by atoms with Crippen molar-refractivity contribution in [3.8, 4) is 0 Å². The van der Waals surface area contributed by atoms with Gasteiger partial charge in [0.25, 0.3) is 0 Å². The molecule has 2 nitrogen and oxygen atoms in total. The molecule has 0 saturated heterocycles. The fraction of sp³-hybridized carbons (Fsp3) is 0.345. The molecule has 1 aliphatic carbocycles. The highest BCUT2D eigenvalue weighted by Gasteiger charge is 2.20. The van der Waals surface area contributed by atoms with E-state index in [2.05, 4.69) is 31.2 Å². The Labute approximate surface area is 225 Å². The maximum Gasteiger partial charge on any atom is 0.197 e. The van der Waals surface area contributed by atoms with Gasteiger partial charge in [-0.15, -0.1) is 23.5 Å². The highest BCUT2D eigenvalue weighted by atomic mass is 32.2. The van der Waals surface area contributed by atoms with Gasteiger partial charge in [-0.1, -0.05) is 37.0 Å². The van der Waals surface area contributed by atoms with Crippen LogP contribution in [0.15, 0.2) is 91.9 Å². The van der Waals surface area contributed by atoms with Crippen molar-refractivity contribution < 1.29 is 13.5 Å². The van der Waals surface area contributed by atoms with Gasteiger partial charge in [-0.05, 0) is 86.3 Å². The van der Waals surface area contributed by atoms with Crippen LogP contribution in [0.5, 0.6) is 0 Å². The summed E-state index contributed by atoms with van der Waals surface area (Å²) in [5.74, 6) is 0.769. The van der Waals surface area contributed by atoms with Gasteiger partial charge in [0.15, 0.2) is 5.90 Å². The van der Waals surface area contributed by atoms with Crippen molar-refractivity contribution in [1.82, 2.24) is 0 Å². The molecule has 0 unspecified atom stereocenters. The number of nitrogens with zero attached hydrogens (tertiary/aromatic N) is 1. The molecule has 7 heteroatoms. The Hall–Kier alpha value is -1.96. The number of hydrogen-bond donors (Lipinski definition) is 0. The van der Waals surface area contributed by atoms with E-state index in [0.717, 1.165) is 14.7 Å². The van der Waals surface area contributed by atoms with Crippen molar-refractivity contribution in [3.05, 3.63) is 90.0 Å². The number of ether oxygens (including phenoxy) is 1. The molecular formula is C29H31F2NOS3. The lowest BCUT2D eigenvalue weighted by Crippen LogP contribution is -2.18. The summed E-state index contributed by atoms with van der Waals surface area (Å²) in [6, 6.07) is 21.4. The monoisotopic (exact) mass is 543 g/mol. The van der Waals surface area contributed by atoms with Crippen LogP contribution in [0.1, 0.15) is 44.1 Å². The molecular weight excluding hydrogens is 513 g/mol. The Morgan fingerprint density at radius 1 is 0.806 bits per heavy atom. The Morgan fingerprint density at radius 2 is 1.33 bits per heavy atom. The molecule has 1 saturated carbocycles. The van der Waals surface area contributed by atoms with Crippen molar-refractivity contribution in [1.29, 1.82) is 0 Å². The fourth-order valence-corrected chi connectivity index (χ4v) is 7.07. The lowest BCUT2D eigenvalue weighted by Gasteiger charge is -2.23. The van der Waals surface area contributed by atoms with Crippen LogP contribution < -0.4 is 0 Å².